The summed E-state index contributed by atoms with van der Waals surface area (Å²) >= 11 is 0. The van der Waals surface area contributed by atoms with Gasteiger partial charge in [-0.05, 0) is 12.1 Å². The molecule has 3 aromatic heterocycles. The number of nitriles is 1. The van der Waals surface area contributed by atoms with Crippen LogP contribution < -0.4 is 10.5 Å². The Morgan fingerprint density at radius 1 is 1.16 bits per heavy atom. The molecule has 0 unspecified atom stereocenters. The molecule has 0 aromatic carbocycles. The number of hydrogen-bond acceptors (Lipinski definition) is 8. The fourth-order valence-electron chi connectivity index (χ4n) is 3.49. The van der Waals surface area contributed by atoms with E-state index in [1.807, 2.05) is 11.0 Å². The summed E-state index contributed by atoms with van der Waals surface area (Å²) < 4.78 is 7.26. The maximum atomic E-state index is 12.4. The summed E-state index contributed by atoms with van der Waals surface area (Å²) in [6, 6.07) is 5.64. The molecule has 0 saturated carbocycles. The molecule has 1 fully saturated rings. The fourth-order valence-corrected chi connectivity index (χ4v) is 3.49. The molecule has 3 aromatic rings. The number of carbonyl (C=O) groups is 1. The molecule has 1 amide bonds. The summed E-state index contributed by atoms with van der Waals surface area (Å²) in [6.07, 6.45) is 4.94. The first-order valence-corrected chi connectivity index (χ1v) is 10.0. The van der Waals surface area contributed by atoms with Crippen molar-refractivity contribution in [2.24, 2.45) is 0 Å². The number of H-pyrrole nitrogens is 1. The van der Waals surface area contributed by atoms with Crippen molar-refractivity contribution in [3.8, 4) is 6.07 Å². The van der Waals surface area contributed by atoms with Gasteiger partial charge in [-0.3, -0.25) is 14.3 Å². The van der Waals surface area contributed by atoms with Gasteiger partial charge < -0.3 is 14.5 Å². The molecule has 4 rings (SSSR count). The van der Waals surface area contributed by atoms with Gasteiger partial charge >= 0.3 is 0 Å². The molecule has 0 bridgehead atoms. The van der Waals surface area contributed by atoms with Crippen molar-refractivity contribution in [2.75, 3.05) is 44.3 Å². The zero-order chi connectivity index (χ0) is 21.6. The molecule has 1 N–H and O–H groups in total. The predicted molar refractivity (Wildman–Crippen MR) is 111 cm³/mol. The number of aromatic nitrogens is 5. The second-order valence-electron chi connectivity index (χ2n) is 7.11. The van der Waals surface area contributed by atoms with Gasteiger partial charge in [-0.15, -0.1) is 0 Å². The molecule has 0 atom stereocenters. The standard InChI is InChI=1S/C20H22N8O3/c21-11-15-1-2-18(22-12-15)26-4-6-27(7-5-26)19(29)3-9-31-10-8-28-17-14-23-25-20(30)16(17)13-24-28/h1-2,12-14H,3-10H2,(H,25,30). The smallest absolute Gasteiger partial charge is 0.275 e. The lowest BCUT2D eigenvalue weighted by Crippen LogP contribution is -2.49. The molecule has 11 nitrogen and oxygen atoms in total. The molecule has 1 saturated heterocycles. The predicted octanol–water partition coefficient (Wildman–Crippen LogP) is 0.142. The normalized spacial score (nSPS) is 14.0. The molecule has 11 heteroatoms. The minimum Gasteiger partial charge on any atom is -0.379 e. The number of rotatable bonds is 7. The van der Waals surface area contributed by atoms with Gasteiger partial charge in [0.1, 0.15) is 11.9 Å². The van der Waals surface area contributed by atoms with Crippen molar-refractivity contribution in [1.82, 2.24) is 29.9 Å². The highest BCUT2D eigenvalue weighted by Crippen LogP contribution is 2.14. The van der Waals surface area contributed by atoms with Crippen LogP contribution in [-0.4, -0.2) is 75.2 Å². The van der Waals surface area contributed by atoms with Gasteiger partial charge in [0.25, 0.3) is 5.56 Å². The van der Waals surface area contributed by atoms with Crippen LogP contribution in [-0.2, 0) is 16.1 Å². The summed E-state index contributed by atoms with van der Waals surface area (Å²) in [4.78, 5) is 32.3. The van der Waals surface area contributed by atoms with Gasteiger partial charge in [0.2, 0.25) is 5.91 Å². The van der Waals surface area contributed by atoms with Crippen molar-refractivity contribution in [3.05, 3.63) is 46.6 Å². The minimum absolute atomic E-state index is 0.0627. The van der Waals surface area contributed by atoms with Gasteiger partial charge in [-0.1, -0.05) is 0 Å². The summed E-state index contributed by atoms with van der Waals surface area (Å²) in [6.45, 7) is 3.83. The summed E-state index contributed by atoms with van der Waals surface area (Å²) in [5.41, 5.74) is 0.909. The van der Waals surface area contributed by atoms with Crippen molar-refractivity contribution >= 4 is 22.6 Å². The Kier molecular flexibility index (Phi) is 6.18. The van der Waals surface area contributed by atoms with Crippen LogP contribution in [0.15, 0.2) is 35.5 Å². The second kappa shape index (κ2) is 9.36. The summed E-state index contributed by atoms with van der Waals surface area (Å²) in [5.74, 6) is 0.880. The van der Waals surface area contributed by atoms with E-state index < -0.39 is 0 Å². The average molecular weight is 422 g/mol. The van der Waals surface area contributed by atoms with Crippen molar-refractivity contribution in [1.29, 1.82) is 5.26 Å². The Bertz CT molecular complexity index is 1140. The molecule has 0 spiro atoms. The van der Waals surface area contributed by atoms with Gasteiger partial charge in [0, 0.05) is 32.4 Å². The molecule has 0 radical (unpaired) electrons. The average Bonchev–Trinajstić information content (AvgIpc) is 3.23. The Hall–Kier alpha value is -3.78. The van der Waals surface area contributed by atoms with E-state index in [0.717, 1.165) is 5.82 Å². The van der Waals surface area contributed by atoms with Crippen LogP contribution in [0.4, 0.5) is 5.82 Å². The van der Waals surface area contributed by atoms with Crippen molar-refractivity contribution in [2.45, 2.75) is 13.0 Å². The maximum absolute atomic E-state index is 12.4. The maximum Gasteiger partial charge on any atom is 0.275 e. The van der Waals surface area contributed by atoms with E-state index in [0.29, 0.717) is 68.8 Å². The van der Waals surface area contributed by atoms with Crippen LogP contribution in [0.1, 0.15) is 12.0 Å². The molecular formula is C20H22N8O3. The van der Waals surface area contributed by atoms with Crippen LogP contribution in [0, 0.1) is 11.3 Å². The van der Waals surface area contributed by atoms with Crippen LogP contribution in [0.2, 0.25) is 0 Å². The molecule has 1 aliphatic rings. The number of anilines is 1. The molecule has 160 valence electrons. The number of amides is 1. The second-order valence-corrected chi connectivity index (χ2v) is 7.11. The third kappa shape index (κ3) is 4.70. The van der Waals surface area contributed by atoms with Crippen LogP contribution in [0.25, 0.3) is 10.9 Å². The lowest BCUT2D eigenvalue weighted by Gasteiger charge is -2.35. The van der Waals surface area contributed by atoms with Crippen LogP contribution in [0.3, 0.4) is 0 Å². The number of carbonyl (C=O) groups excluding carboxylic acids is 1. The summed E-state index contributed by atoms with van der Waals surface area (Å²) in [5, 5.41) is 19.7. The quantitative estimate of drug-likeness (QED) is 0.532. The largest absolute Gasteiger partial charge is 0.379 e. The third-order valence-electron chi connectivity index (χ3n) is 5.22. The monoisotopic (exact) mass is 422 g/mol. The number of pyridine rings is 1. The topological polar surface area (TPSA) is 133 Å². The Morgan fingerprint density at radius 3 is 2.74 bits per heavy atom. The Labute approximate surface area is 177 Å². The van der Waals surface area contributed by atoms with Crippen LogP contribution >= 0.6 is 0 Å². The number of ether oxygens (including phenoxy) is 1. The zero-order valence-corrected chi connectivity index (χ0v) is 16.9. The minimum atomic E-state index is -0.273. The van der Waals surface area contributed by atoms with Crippen molar-refractivity contribution in [3.63, 3.8) is 0 Å². The molecule has 0 aliphatic carbocycles. The number of nitrogens with one attached hydrogen (secondary N) is 1. The zero-order valence-electron chi connectivity index (χ0n) is 16.9. The van der Waals surface area contributed by atoms with E-state index in [1.165, 1.54) is 6.20 Å². The fraction of sp³-hybridized carbons (Fsp3) is 0.400. The van der Waals surface area contributed by atoms with E-state index in [2.05, 4.69) is 31.2 Å². The molecule has 1 aliphatic heterocycles. The van der Waals surface area contributed by atoms with E-state index in [1.54, 1.807) is 23.1 Å². The first kappa shape index (κ1) is 20.5. The highest BCUT2D eigenvalue weighted by atomic mass is 16.5. The van der Waals surface area contributed by atoms with E-state index in [-0.39, 0.29) is 11.5 Å². The Morgan fingerprint density at radius 2 is 2.00 bits per heavy atom. The SMILES string of the molecule is N#Cc1ccc(N2CCN(C(=O)CCOCCn3ncc4c(=O)[nH]ncc43)CC2)nc1. The number of aromatic amines is 1. The number of piperazine rings is 1. The van der Waals surface area contributed by atoms with Gasteiger partial charge in [0.15, 0.2) is 0 Å². The van der Waals surface area contributed by atoms with E-state index >= 15 is 0 Å². The van der Waals surface area contributed by atoms with Gasteiger partial charge in [0.05, 0.1) is 55.0 Å². The first-order valence-electron chi connectivity index (χ1n) is 10.0. The highest BCUT2D eigenvalue weighted by Gasteiger charge is 2.21. The number of nitrogens with zero attached hydrogens (tertiary/aromatic N) is 7. The van der Waals surface area contributed by atoms with E-state index in [4.69, 9.17) is 10.00 Å². The summed E-state index contributed by atoms with van der Waals surface area (Å²) in [7, 11) is 0. The van der Waals surface area contributed by atoms with Gasteiger partial charge in [-0.2, -0.15) is 15.5 Å². The van der Waals surface area contributed by atoms with Gasteiger partial charge in [-0.25, -0.2) is 10.1 Å². The van der Waals surface area contributed by atoms with E-state index in [9.17, 15) is 9.59 Å². The molecule has 4 heterocycles. The lowest BCUT2D eigenvalue weighted by atomic mass is 10.2. The first-order chi connectivity index (χ1) is 15.2. The number of fused-ring (bicyclic) bond motifs is 1. The molecule has 31 heavy (non-hydrogen) atoms. The van der Waals surface area contributed by atoms with Crippen LogP contribution in [0.5, 0.6) is 0 Å². The molecular weight excluding hydrogens is 400 g/mol. The highest BCUT2D eigenvalue weighted by molar-refractivity contribution is 5.77. The van der Waals surface area contributed by atoms with Crippen molar-refractivity contribution < 1.29 is 9.53 Å². The lowest BCUT2D eigenvalue weighted by molar-refractivity contribution is -0.132. The Balaban J connectivity index is 1.17. The third-order valence-corrected chi connectivity index (χ3v) is 5.22. The number of hydrogen-bond donors (Lipinski definition) is 1.